The van der Waals surface area contributed by atoms with Gasteiger partial charge in [0.25, 0.3) is 0 Å². The van der Waals surface area contributed by atoms with Crippen LogP contribution in [0.15, 0.2) is 48.3 Å². The molecule has 0 unspecified atom stereocenters. The summed E-state index contributed by atoms with van der Waals surface area (Å²) < 4.78 is 41.2. The molecule has 0 saturated carbocycles. The fraction of sp³-hybridized carbons (Fsp3) is 0. The van der Waals surface area contributed by atoms with E-state index in [1.807, 2.05) is 0 Å². The smallest absolute Gasteiger partial charge is 0.249 e. The van der Waals surface area contributed by atoms with E-state index >= 15 is 0 Å². The zero-order valence-electron chi connectivity index (χ0n) is 11.7. The Kier molecular flexibility index (Phi) is 4.49. The molecule has 0 fully saturated rings. The summed E-state index contributed by atoms with van der Waals surface area (Å²) in [5, 5.41) is 7.76. The van der Waals surface area contributed by atoms with Crippen LogP contribution in [0.25, 0.3) is 5.70 Å². The topological polar surface area (TPSA) is 93.0 Å². The monoisotopic (exact) mass is 319 g/mol. The minimum absolute atomic E-state index is 0.0452. The average molecular weight is 319 g/mol. The quantitative estimate of drug-likeness (QED) is 0.756. The van der Waals surface area contributed by atoms with Crippen molar-refractivity contribution in [2.75, 3.05) is 0 Å². The molecule has 2 aromatic rings. The van der Waals surface area contributed by atoms with Gasteiger partial charge in [-0.15, -0.1) is 0 Å². The van der Waals surface area contributed by atoms with Crippen LogP contribution in [-0.4, -0.2) is 11.6 Å². The minimum Gasteiger partial charge on any atom is -0.396 e. The zero-order valence-corrected chi connectivity index (χ0v) is 11.7. The van der Waals surface area contributed by atoms with E-state index in [-0.39, 0.29) is 11.1 Å². The molecule has 23 heavy (non-hydrogen) atoms. The van der Waals surface area contributed by atoms with Gasteiger partial charge in [-0.1, -0.05) is 6.07 Å². The number of halogens is 3. The molecule has 5 N–H and O–H groups in total. The first kappa shape index (κ1) is 16.3. The van der Waals surface area contributed by atoms with E-state index in [0.29, 0.717) is 0 Å². The Hall–Kier alpha value is -3.09. The molecule has 2 rings (SSSR count). The summed E-state index contributed by atoms with van der Waals surface area (Å²) in [6, 6.07) is 7.87. The second-order valence-electron chi connectivity index (χ2n) is 4.64. The molecule has 0 aromatic heterocycles. The van der Waals surface area contributed by atoms with E-state index in [4.69, 9.17) is 16.9 Å². The van der Waals surface area contributed by atoms with Gasteiger partial charge in [-0.2, -0.15) is 0 Å². The third kappa shape index (κ3) is 3.23. The summed E-state index contributed by atoms with van der Waals surface area (Å²) >= 11 is 0. The van der Waals surface area contributed by atoms with Gasteiger partial charge < -0.3 is 11.5 Å². The lowest BCUT2D eigenvalue weighted by atomic mass is 10.00. The highest BCUT2D eigenvalue weighted by Gasteiger charge is 2.20. The first-order valence-electron chi connectivity index (χ1n) is 6.41. The molecular weight excluding hydrogens is 307 g/mol. The molecule has 0 aliphatic heterocycles. The van der Waals surface area contributed by atoms with E-state index in [1.54, 1.807) is 0 Å². The van der Waals surface area contributed by atoms with Gasteiger partial charge in [0.15, 0.2) is 5.83 Å². The fourth-order valence-electron chi connectivity index (χ4n) is 1.99. The van der Waals surface area contributed by atoms with Crippen molar-refractivity contribution in [1.29, 1.82) is 5.41 Å². The van der Waals surface area contributed by atoms with Gasteiger partial charge in [-0.05, 0) is 36.4 Å². The van der Waals surface area contributed by atoms with Crippen LogP contribution < -0.4 is 11.5 Å². The summed E-state index contributed by atoms with van der Waals surface area (Å²) in [4.78, 5) is 11.3. The van der Waals surface area contributed by atoms with Crippen LogP contribution in [-0.2, 0) is 0 Å². The van der Waals surface area contributed by atoms with E-state index < -0.39 is 40.3 Å². The number of primary amides is 1. The van der Waals surface area contributed by atoms with Gasteiger partial charge in [0.05, 0.1) is 17.0 Å². The predicted octanol–water partition coefficient (Wildman–Crippen LogP) is 2.73. The summed E-state index contributed by atoms with van der Waals surface area (Å²) in [5.74, 6) is -3.72. The van der Waals surface area contributed by atoms with Crippen LogP contribution in [0.2, 0.25) is 0 Å². The van der Waals surface area contributed by atoms with Crippen molar-refractivity contribution in [2.24, 2.45) is 11.5 Å². The minimum atomic E-state index is -1.25. The highest BCUT2D eigenvalue weighted by molar-refractivity contribution is 6.13. The summed E-state index contributed by atoms with van der Waals surface area (Å²) in [5.41, 5.74) is 8.55. The second kappa shape index (κ2) is 6.35. The molecule has 2 aromatic carbocycles. The van der Waals surface area contributed by atoms with Gasteiger partial charge in [-0.25, -0.2) is 13.2 Å². The number of nitrogens with two attached hydrogens (primary N) is 2. The van der Waals surface area contributed by atoms with E-state index in [2.05, 4.69) is 0 Å². The van der Waals surface area contributed by atoms with Crippen LogP contribution in [0.3, 0.4) is 0 Å². The van der Waals surface area contributed by atoms with Gasteiger partial charge in [-0.3, -0.25) is 10.2 Å². The van der Waals surface area contributed by atoms with Gasteiger partial charge in [0, 0.05) is 11.1 Å². The third-order valence-electron chi connectivity index (χ3n) is 3.14. The number of hydrogen-bond acceptors (Lipinski definition) is 3. The van der Waals surface area contributed by atoms with Crippen LogP contribution in [0, 0.1) is 17.0 Å². The molecule has 0 bridgehead atoms. The zero-order chi connectivity index (χ0) is 17.1. The molecule has 0 saturated heterocycles. The standard InChI is InChI=1S/C16H12F3N3O/c17-9-6-4-8(5-7-9)14(20)13(19)15(21)12-10(16(22)23)2-1-3-11(12)18/h1-7,20H,21H2,(H2,22,23). The molecule has 0 heterocycles. The van der Waals surface area contributed by atoms with Crippen LogP contribution >= 0.6 is 0 Å². The molecule has 4 nitrogen and oxygen atoms in total. The Morgan fingerprint density at radius 2 is 1.61 bits per heavy atom. The lowest BCUT2D eigenvalue weighted by Crippen LogP contribution is -2.18. The predicted molar refractivity (Wildman–Crippen MR) is 80.4 cm³/mol. The molecular formula is C16H12F3N3O. The van der Waals surface area contributed by atoms with Crippen molar-refractivity contribution in [2.45, 2.75) is 0 Å². The van der Waals surface area contributed by atoms with Gasteiger partial charge in [0.2, 0.25) is 5.91 Å². The number of rotatable bonds is 4. The highest BCUT2D eigenvalue weighted by atomic mass is 19.1. The molecule has 1 amide bonds. The van der Waals surface area contributed by atoms with Crippen molar-refractivity contribution in [3.63, 3.8) is 0 Å². The van der Waals surface area contributed by atoms with Crippen LogP contribution in [0.1, 0.15) is 21.5 Å². The number of carbonyl (C=O) groups is 1. The van der Waals surface area contributed by atoms with Crippen molar-refractivity contribution < 1.29 is 18.0 Å². The van der Waals surface area contributed by atoms with Crippen LogP contribution in [0.5, 0.6) is 0 Å². The maximum absolute atomic E-state index is 14.4. The average Bonchev–Trinajstić information content (AvgIpc) is 2.53. The summed E-state index contributed by atoms with van der Waals surface area (Å²) in [6.07, 6.45) is 0. The molecule has 0 aliphatic rings. The Labute approximate surface area is 129 Å². The van der Waals surface area contributed by atoms with Crippen molar-refractivity contribution in [3.05, 3.63) is 76.6 Å². The normalized spacial score (nSPS) is 11.8. The van der Waals surface area contributed by atoms with E-state index in [0.717, 1.165) is 18.2 Å². The number of amides is 1. The Balaban J connectivity index is 2.55. The van der Waals surface area contributed by atoms with Crippen molar-refractivity contribution in [1.82, 2.24) is 0 Å². The molecule has 0 atom stereocenters. The van der Waals surface area contributed by atoms with E-state index in [9.17, 15) is 18.0 Å². The molecule has 7 heteroatoms. The Bertz CT molecular complexity index is 814. The highest BCUT2D eigenvalue weighted by Crippen LogP contribution is 2.24. The lowest BCUT2D eigenvalue weighted by Gasteiger charge is -2.11. The van der Waals surface area contributed by atoms with Crippen molar-refractivity contribution in [3.8, 4) is 0 Å². The summed E-state index contributed by atoms with van der Waals surface area (Å²) in [6.45, 7) is 0. The molecule has 118 valence electrons. The fourth-order valence-corrected chi connectivity index (χ4v) is 1.99. The first-order valence-corrected chi connectivity index (χ1v) is 6.41. The Morgan fingerprint density at radius 1 is 1.00 bits per heavy atom. The maximum atomic E-state index is 14.4. The van der Waals surface area contributed by atoms with Gasteiger partial charge >= 0.3 is 0 Å². The van der Waals surface area contributed by atoms with E-state index in [1.165, 1.54) is 24.3 Å². The molecule has 0 aliphatic carbocycles. The second-order valence-corrected chi connectivity index (χ2v) is 4.64. The summed E-state index contributed by atoms with van der Waals surface area (Å²) in [7, 11) is 0. The van der Waals surface area contributed by atoms with Crippen molar-refractivity contribution >= 4 is 17.3 Å². The lowest BCUT2D eigenvalue weighted by molar-refractivity contribution is 0.0999. The molecule has 0 spiro atoms. The number of nitrogens with one attached hydrogen (secondary N) is 1. The largest absolute Gasteiger partial charge is 0.396 e. The first-order chi connectivity index (χ1) is 10.8. The number of hydrogen-bond donors (Lipinski definition) is 3. The maximum Gasteiger partial charge on any atom is 0.249 e. The SMILES string of the molecule is N=C(C(F)=C(N)c1c(F)cccc1C(N)=O)c1ccc(F)cc1. The molecule has 0 radical (unpaired) electrons. The Morgan fingerprint density at radius 3 is 2.17 bits per heavy atom. The number of allylic oxidation sites excluding steroid dienone is 1. The number of carbonyl (C=O) groups excluding carboxylic acids is 1. The number of benzene rings is 2. The van der Waals surface area contributed by atoms with Gasteiger partial charge in [0.1, 0.15) is 11.6 Å². The van der Waals surface area contributed by atoms with Crippen LogP contribution in [0.4, 0.5) is 13.2 Å². The third-order valence-corrected chi connectivity index (χ3v) is 3.14.